The maximum Gasteiger partial charge on any atom is 0.227 e. The molecular weight excluding hydrogens is 304 g/mol. The number of amides is 1. The molecule has 0 bridgehead atoms. The van der Waals surface area contributed by atoms with Crippen LogP contribution in [0.4, 0.5) is 0 Å². The van der Waals surface area contributed by atoms with E-state index in [0.29, 0.717) is 30.5 Å². The highest BCUT2D eigenvalue weighted by Crippen LogP contribution is 2.21. The molecule has 1 saturated heterocycles. The molecule has 6 heteroatoms. The lowest BCUT2D eigenvalue weighted by Crippen LogP contribution is -2.40. The number of carbonyl (C=O) groups excluding carboxylic acids is 1. The molecule has 24 heavy (non-hydrogen) atoms. The Hall–Kier alpha value is -2.24. The van der Waals surface area contributed by atoms with Gasteiger partial charge in [0, 0.05) is 44.2 Å². The summed E-state index contributed by atoms with van der Waals surface area (Å²) < 4.78 is 5.15. The summed E-state index contributed by atoms with van der Waals surface area (Å²) in [6, 6.07) is 6.01. The van der Waals surface area contributed by atoms with Crippen molar-refractivity contribution < 1.29 is 9.32 Å². The first-order valence-corrected chi connectivity index (χ1v) is 8.73. The lowest BCUT2D eigenvalue weighted by molar-refractivity contribution is -0.133. The second kappa shape index (κ2) is 8.04. The van der Waals surface area contributed by atoms with Crippen LogP contribution >= 0.6 is 0 Å². The van der Waals surface area contributed by atoms with Crippen molar-refractivity contribution in [3.8, 4) is 0 Å². The highest BCUT2D eigenvalue weighted by molar-refractivity contribution is 5.76. The Bertz CT molecular complexity index is 656. The number of piperidine rings is 1. The molecule has 128 valence electrons. The second-order valence-electron chi connectivity index (χ2n) is 6.33. The number of rotatable bonds is 6. The predicted molar refractivity (Wildman–Crippen MR) is 89.2 cm³/mol. The normalized spacial score (nSPS) is 17.9. The van der Waals surface area contributed by atoms with Crippen LogP contribution in [0.25, 0.3) is 0 Å². The summed E-state index contributed by atoms with van der Waals surface area (Å²) in [5.74, 6) is 1.93. The summed E-state index contributed by atoms with van der Waals surface area (Å²) in [6.07, 6.45) is 6.69. The minimum atomic E-state index is 0.178. The van der Waals surface area contributed by atoms with Crippen molar-refractivity contribution in [3.63, 3.8) is 0 Å². The Labute approximate surface area is 142 Å². The van der Waals surface area contributed by atoms with Crippen molar-refractivity contribution in [1.82, 2.24) is 20.0 Å². The van der Waals surface area contributed by atoms with E-state index in [0.717, 1.165) is 44.5 Å². The molecule has 0 saturated carbocycles. The molecule has 1 aliphatic rings. The fraction of sp³-hybridized carbons (Fsp3) is 0.556. The maximum atomic E-state index is 12.5. The molecule has 1 amide bonds. The largest absolute Gasteiger partial charge is 0.342 e. The number of aryl methyl sites for hydroxylation is 2. The molecule has 1 unspecified atom stereocenters. The van der Waals surface area contributed by atoms with Gasteiger partial charge in [0.1, 0.15) is 0 Å². The Morgan fingerprint density at radius 3 is 3.08 bits per heavy atom. The first-order chi connectivity index (χ1) is 11.7. The standard InChI is InChI=1S/C18H24N4O2/c1-2-16-20-17(24-21-16)8-9-18(23)22-11-5-6-14(13-22)12-15-7-3-4-10-19-15/h3-4,7,10,14H,2,5-6,8-9,11-13H2,1H3. The van der Waals surface area contributed by atoms with E-state index in [1.807, 2.05) is 30.2 Å². The van der Waals surface area contributed by atoms with Gasteiger partial charge < -0.3 is 9.42 Å². The van der Waals surface area contributed by atoms with Crippen molar-refractivity contribution in [2.75, 3.05) is 13.1 Å². The molecule has 0 radical (unpaired) electrons. The fourth-order valence-electron chi connectivity index (χ4n) is 3.18. The van der Waals surface area contributed by atoms with Gasteiger partial charge in [-0.2, -0.15) is 4.98 Å². The van der Waals surface area contributed by atoms with E-state index >= 15 is 0 Å². The average Bonchev–Trinajstić information content (AvgIpc) is 3.09. The Morgan fingerprint density at radius 1 is 1.42 bits per heavy atom. The van der Waals surface area contributed by atoms with Crippen LogP contribution in [0.15, 0.2) is 28.9 Å². The van der Waals surface area contributed by atoms with Crippen LogP contribution in [-0.2, 0) is 24.1 Å². The van der Waals surface area contributed by atoms with Crippen molar-refractivity contribution in [1.29, 1.82) is 0 Å². The summed E-state index contributed by atoms with van der Waals surface area (Å²) >= 11 is 0. The average molecular weight is 328 g/mol. The van der Waals surface area contributed by atoms with Gasteiger partial charge in [0.25, 0.3) is 0 Å². The Kier molecular flexibility index (Phi) is 5.56. The van der Waals surface area contributed by atoms with Crippen molar-refractivity contribution >= 4 is 5.91 Å². The number of aromatic nitrogens is 3. The third-order valence-electron chi connectivity index (χ3n) is 4.47. The number of nitrogens with zero attached hydrogens (tertiary/aromatic N) is 4. The lowest BCUT2D eigenvalue weighted by Gasteiger charge is -2.32. The van der Waals surface area contributed by atoms with E-state index in [4.69, 9.17) is 4.52 Å². The van der Waals surface area contributed by atoms with E-state index < -0.39 is 0 Å². The van der Waals surface area contributed by atoms with Gasteiger partial charge in [-0.25, -0.2) is 0 Å². The molecule has 2 aromatic heterocycles. The van der Waals surface area contributed by atoms with Crippen LogP contribution in [0.5, 0.6) is 0 Å². The number of carbonyl (C=O) groups is 1. The molecule has 2 aromatic rings. The SMILES string of the molecule is CCc1noc(CCC(=O)N2CCCC(Cc3ccccn3)C2)n1. The molecule has 0 N–H and O–H groups in total. The van der Waals surface area contributed by atoms with E-state index in [1.165, 1.54) is 0 Å². The van der Waals surface area contributed by atoms with Crippen molar-refractivity contribution in [2.45, 2.75) is 45.4 Å². The molecule has 1 atom stereocenters. The van der Waals surface area contributed by atoms with Crippen molar-refractivity contribution in [2.24, 2.45) is 5.92 Å². The highest BCUT2D eigenvalue weighted by Gasteiger charge is 2.24. The molecule has 3 rings (SSSR count). The first kappa shape index (κ1) is 16.6. The zero-order chi connectivity index (χ0) is 16.8. The quantitative estimate of drug-likeness (QED) is 0.814. The molecule has 3 heterocycles. The molecule has 1 aliphatic heterocycles. The summed E-state index contributed by atoms with van der Waals surface area (Å²) in [5.41, 5.74) is 1.11. The number of hydrogen-bond acceptors (Lipinski definition) is 5. The Morgan fingerprint density at radius 2 is 2.33 bits per heavy atom. The third kappa shape index (κ3) is 4.40. The monoisotopic (exact) mass is 328 g/mol. The Balaban J connectivity index is 1.49. The van der Waals surface area contributed by atoms with Gasteiger partial charge in [-0.1, -0.05) is 18.1 Å². The zero-order valence-electron chi connectivity index (χ0n) is 14.1. The van der Waals surface area contributed by atoms with E-state index in [-0.39, 0.29) is 5.91 Å². The lowest BCUT2D eigenvalue weighted by atomic mass is 9.93. The van der Waals surface area contributed by atoms with Gasteiger partial charge in [0.15, 0.2) is 5.82 Å². The van der Waals surface area contributed by atoms with Crippen LogP contribution in [0, 0.1) is 5.92 Å². The van der Waals surface area contributed by atoms with Gasteiger partial charge in [0.05, 0.1) is 0 Å². The van der Waals surface area contributed by atoms with Crippen LogP contribution in [0.2, 0.25) is 0 Å². The molecule has 1 fully saturated rings. The van der Waals surface area contributed by atoms with Gasteiger partial charge in [-0.05, 0) is 37.3 Å². The molecule has 0 aromatic carbocycles. The van der Waals surface area contributed by atoms with Crippen LogP contribution in [0.3, 0.4) is 0 Å². The van der Waals surface area contributed by atoms with Crippen LogP contribution in [0.1, 0.15) is 43.6 Å². The van der Waals surface area contributed by atoms with E-state index in [1.54, 1.807) is 0 Å². The predicted octanol–water partition coefficient (Wildman–Crippen LogP) is 2.44. The molecule has 0 aliphatic carbocycles. The molecule has 0 spiro atoms. The summed E-state index contributed by atoms with van der Waals surface area (Å²) in [6.45, 7) is 3.65. The summed E-state index contributed by atoms with van der Waals surface area (Å²) in [4.78, 5) is 23.1. The van der Waals surface area contributed by atoms with Gasteiger partial charge in [0.2, 0.25) is 11.8 Å². The van der Waals surface area contributed by atoms with Crippen LogP contribution in [-0.4, -0.2) is 39.0 Å². The minimum Gasteiger partial charge on any atom is -0.342 e. The van der Waals surface area contributed by atoms with E-state index in [2.05, 4.69) is 21.2 Å². The summed E-state index contributed by atoms with van der Waals surface area (Å²) in [5, 5.41) is 3.87. The number of pyridine rings is 1. The van der Waals surface area contributed by atoms with Gasteiger partial charge >= 0.3 is 0 Å². The maximum absolute atomic E-state index is 12.5. The smallest absolute Gasteiger partial charge is 0.227 e. The van der Waals surface area contributed by atoms with Crippen molar-refractivity contribution in [3.05, 3.63) is 41.8 Å². The zero-order valence-corrected chi connectivity index (χ0v) is 14.1. The number of likely N-dealkylation sites (tertiary alicyclic amines) is 1. The fourth-order valence-corrected chi connectivity index (χ4v) is 3.18. The van der Waals surface area contributed by atoms with E-state index in [9.17, 15) is 4.79 Å². The minimum absolute atomic E-state index is 0.178. The van der Waals surface area contributed by atoms with Gasteiger partial charge in [-0.15, -0.1) is 0 Å². The molecular formula is C18H24N4O2. The topological polar surface area (TPSA) is 72.1 Å². The summed E-state index contributed by atoms with van der Waals surface area (Å²) in [7, 11) is 0. The third-order valence-corrected chi connectivity index (χ3v) is 4.47. The second-order valence-corrected chi connectivity index (χ2v) is 6.33. The van der Waals surface area contributed by atoms with Crippen LogP contribution < -0.4 is 0 Å². The van der Waals surface area contributed by atoms with Gasteiger partial charge in [-0.3, -0.25) is 9.78 Å². The number of hydrogen-bond donors (Lipinski definition) is 0. The first-order valence-electron chi connectivity index (χ1n) is 8.73. The highest BCUT2D eigenvalue weighted by atomic mass is 16.5. The molecule has 6 nitrogen and oxygen atoms in total.